The Bertz CT molecular complexity index is 327. The Morgan fingerprint density at radius 2 is 1.09 bits per heavy atom. The zero-order chi connectivity index (χ0) is 16.3. The summed E-state index contributed by atoms with van der Waals surface area (Å²) in [6.45, 7) is 2.24. The fourth-order valence-electron chi connectivity index (χ4n) is 2.14. The molecule has 0 radical (unpaired) electrons. The van der Waals surface area contributed by atoms with E-state index < -0.39 is 5.97 Å². The summed E-state index contributed by atoms with van der Waals surface area (Å²) < 4.78 is 0. The maximum Gasteiger partial charge on any atom is 0.303 e. The van der Waals surface area contributed by atoms with Crippen molar-refractivity contribution in [1.82, 2.24) is 0 Å². The Labute approximate surface area is 137 Å². The van der Waals surface area contributed by atoms with Crippen LogP contribution in [0.15, 0.2) is 36.5 Å². The van der Waals surface area contributed by atoms with Gasteiger partial charge in [-0.3, -0.25) is 4.79 Å². The minimum Gasteiger partial charge on any atom is -0.481 e. The maximum atomic E-state index is 10.3. The van der Waals surface area contributed by atoms with Crippen molar-refractivity contribution < 1.29 is 9.90 Å². The van der Waals surface area contributed by atoms with Gasteiger partial charge in [0.15, 0.2) is 0 Å². The van der Waals surface area contributed by atoms with Crippen molar-refractivity contribution in [2.75, 3.05) is 0 Å². The highest BCUT2D eigenvalue weighted by Gasteiger charge is 1.93. The first kappa shape index (κ1) is 20.7. The third-order valence-corrected chi connectivity index (χ3v) is 3.49. The van der Waals surface area contributed by atoms with E-state index in [2.05, 4.69) is 43.4 Å². The lowest BCUT2D eigenvalue weighted by atomic mass is 10.1. The molecule has 0 spiro atoms. The Balaban J connectivity index is 3.28. The summed E-state index contributed by atoms with van der Waals surface area (Å²) in [7, 11) is 0. The van der Waals surface area contributed by atoms with E-state index in [1.54, 1.807) is 0 Å². The summed E-state index contributed by atoms with van der Waals surface area (Å²) >= 11 is 0. The molecule has 126 valence electrons. The second-order valence-corrected chi connectivity index (χ2v) is 5.70. The molecular formula is C20H34O2. The van der Waals surface area contributed by atoms with Crippen LogP contribution in [0, 0.1) is 0 Å². The average molecular weight is 306 g/mol. The van der Waals surface area contributed by atoms with E-state index in [-0.39, 0.29) is 0 Å². The summed E-state index contributed by atoms with van der Waals surface area (Å²) in [5.41, 5.74) is 0. The molecule has 2 nitrogen and oxygen atoms in total. The van der Waals surface area contributed by atoms with E-state index in [9.17, 15) is 4.79 Å². The van der Waals surface area contributed by atoms with Crippen molar-refractivity contribution in [1.29, 1.82) is 0 Å². The number of carbonyl (C=O) groups is 1. The molecule has 0 aliphatic carbocycles. The van der Waals surface area contributed by atoms with Gasteiger partial charge >= 0.3 is 5.97 Å². The molecule has 2 heteroatoms. The van der Waals surface area contributed by atoms with Crippen LogP contribution in [-0.2, 0) is 4.79 Å². The molecule has 1 N–H and O–H groups in total. The molecule has 0 rings (SSSR count). The highest BCUT2D eigenvalue weighted by atomic mass is 16.4. The van der Waals surface area contributed by atoms with Gasteiger partial charge in [0.05, 0.1) is 0 Å². The molecule has 0 atom stereocenters. The Morgan fingerprint density at radius 3 is 1.50 bits per heavy atom. The number of hydrogen-bond acceptors (Lipinski definition) is 1. The lowest BCUT2D eigenvalue weighted by molar-refractivity contribution is -0.137. The second-order valence-electron chi connectivity index (χ2n) is 5.70. The quantitative estimate of drug-likeness (QED) is 0.279. The van der Waals surface area contributed by atoms with Crippen LogP contribution >= 0.6 is 0 Å². The van der Waals surface area contributed by atoms with Gasteiger partial charge in [-0.1, -0.05) is 56.2 Å². The van der Waals surface area contributed by atoms with Crippen molar-refractivity contribution >= 4 is 5.97 Å². The van der Waals surface area contributed by atoms with Crippen LogP contribution in [0.5, 0.6) is 0 Å². The van der Waals surface area contributed by atoms with Gasteiger partial charge in [-0.2, -0.15) is 0 Å². The Morgan fingerprint density at radius 1 is 0.682 bits per heavy atom. The number of unbranched alkanes of at least 4 members (excludes halogenated alkanes) is 7. The number of rotatable bonds is 15. The van der Waals surface area contributed by atoms with Gasteiger partial charge < -0.3 is 5.11 Å². The number of allylic oxidation sites excluding steroid dienone is 6. The van der Waals surface area contributed by atoms with Crippen LogP contribution in [0.25, 0.3) is 0 Å². The molecule has 0 aromatic rings. The van der Waals surface area contributed by atoms with Crippen LogP contribution in [0.4, 0.5) is 0 Å². The van der Waals surface area contributed by atoms with Gasteiger partial charge in [0.1, 0.15) is 0 Å². The van der Waals surface area contributed by atoms with Crippen molar-refractivity contribution in [3.05, 3.63) is 36.5 Å². The van der Waals surface area contributed by atoms with Crippen LogP contribution < -0.4 is 0 Å². The minimum atomic E-state index is -0.690. The molecule has 0 aromatic heterocycles. The van der Waals surface area contributed by atoms with Gasteiger partial charge in [-0.25, -0.2) is 0 Å². The van der Waals surface area contributed by atoms with Gasteiger partial charge in [-0.15, -0.1) is 0 Å². The molecule has 0 amide bonds. The molecule has 0 saturated carbocycles. The van der Waals surface area contributed by atoms with E-state index >= 15 is 0 Å². The number of carboxylic acids is 1. The molecule has 0 unspecified atom stereocenters. The Hall–Kier alpha value is -1.31. The van der Waals surface area contributed by atoms with E-state index in [4.69, 9.17) is 5.11 Å². The van der Waals surface area contributed by atoms with Crippen LogP contribution in [0.2, 0.25) is 0 Å². The molecule has 0 aromatic carbocycles. The molecule has 0 bridgehead atoms. The van der Waals surface area contributed by atoms with Crippen molar-refractivity contribution in [3.63, 3.8) is 0 Å². The van der Waals surface area contributed by atoms with Gasteiger partial charge in [-0.05, 0) is 57.8 Å². The fraction of sp³-hybridized carbons (Fsp3) is 0.650. The molecule has 0 fully saturated rings. The van der Waals surface area contributed by atoms with Crippen LogP contribution in [0.1, 0.15) is 84.0 Å². The van der Waals surface area contributed by atoms with E-state index in [1.807, 2.05) is 0 Å². The van der Waals surface area contributed by atoms with Gasteiger partial charge in [0.25, 0.3) is 0 Å². The summed E-state index contributed by atoms with van der Waals surface area (Å²) in [4.78, 5) is 10.3. The summed E-state index contributed by atoms with van der Waals surface area (Å²) in [5.74, 6) is -0.690. The molecular weight excluding hydrogens is 272 g/mol. The zero-order valence-corrected chi connectivity index (χ0v) is 14.3. The van der Waals surface area contributed by atoms with Gasteiger partial charge in [0, 0.05) is 6.42 Å². The number of aliphatic carboxylic acids is 1. The smallest absolute Gasteiger partial charge is 0.303 e. The monoisotopic (exact) mass is 306 g/mol. The van der Waals surface area contributed by atoms with E-state index in [0.29, 0.717) is 6.42 Å². The van der Waals surface area contributed by atoms with Crippen molar-refractivity contribution in [2.24, 2.45) is 0 Å². The van der Waals surface area contributed by atoms with Crippen LogP contribution in [-0.4, -0.2) is 11.1 Å². The first-order chi connectivity index (χ1) is 10.8. The van der Waals surface area contributed by atoms with E-state index in [1.165, 1.54) is 25.7 Å². The second kappa shape index (κ2) is 17.7. The topological polar surface area (TPSA) is 37.3 Å². The van der Waals surface area contributed by atoms with E-state index in [0.717, 1.165) is 44.9 Å². The molecule has 0 heterocycles. The first-order valence-corrected chi connectivity index (χ1v) is 8.94. The van der Waals surface area contributed by atoms with Gasteiger partial charge in [0.2, 0.25) is 0 Å². The summed E-state index contributed by atoms with van der Waals surface area (Å²) in [6, 6.07) is 0. The summed E-state index contributed by atoms with van der Waals surface area (Å²) in [5, 5.41) is 8.51. The zero-order valence-electron chi connectivity index (χ0n) is 14.3. The lowest BCUT2D eigenvalue weighted by Crippen LogP contribution is -1.92. The largest absolute Gasteiger partial charge is 0.481 e. The Kier molecular flexibility index (Phi) is 16.7. The van der Waals surface area contributed by atoms with Crippen molar-refractivity contribution in [2.45, 2.75) is 84.0 Å². The third-order valence-electron chi connectivity index (χ3n) is 3.49. The lowest BCUT2D eigenvalue weighted by Gasteiger charge is -1.93. The van der Waals surface area contributed by atoms with Crippen molar-refractivity contribution in [3.8, 4) is 0 Å². The fourth-order valence-corrected chi connectivity index (χ4v) is 2.14. The number of carboxylic acid groups (broad SMARTS) is 1. The SMILES string of the molecule is CCCCC/C=C/CC/C=C/CC/C=C/CCCCC(=O)O. The first-order valence-electron chi connectivity index (χ1n) is 8.94. The predicted octanol–water partition coefficient (Wildman–Crippen LogP) is 6.44. The normalized spacial score (nSPS) is 12.0. The highest BCUT2D eigenvalue weighted by molar-refractivity contribution is 5.66. The maximum absolute atomic E-state index is 10.3. The molecule has 0 aliphatic rings. The standard InChI is InChI=1S/C20H34O2/c1-2-3-4-5-6-7-8-9-10-11-12-13-14-15-16-17-18-19-20(21)22/h6-7,10-11,14-15H,2-5,8-9,12-13,16-19H2,1H3,(H,21,22)/b7-6+,11-10+,15-14+. The van der Waals surface area contributed by atoms with Crippen LogP contribution in [0.3, 0.4) is 0 Å². The molecule has 22 heavy (non-hydrogen) atoms. The molecule has 0 saturated heterocycles. The molecule has 0 aliphatic heterocycles. The highest BCUT2D eigenvalue weighted by Crippen LogP contribution is 2.04. The third kappa shape index (κ3) is 18.7. The predicted molar refractivity (Wildman–Crippen MR) is 96.1 cm³/mol. The minimum absolute atomic E-state index is 0.295. The number of hydrogen-bond donors (Lipinski definition) is 1. The summed E-state index contributed by atoms with van der Waals surface area (Å²) in [6.07, 6.45) is 26.3. The average Bonchev–Trinajstić information content (AvgIpc) is 2.50.